The van der Waals surface area contributed by atoms with Crippen LogP contribution in [0.1, 0.15) is 20.8 Å². The Morgan fingerprint density at radius 3 is 1.69 bits per heavy atom. The van der Waals surface area contributed by atoms with Gasteiger partial charge < -0.3 is 14.9 Å². The predicted molar refractivity (Wildman–Crippen MR) is 61.0 cm³/mol. The van der Waals surface area contributed by atoms with Crippen LogP contribution < -0.4 is 0 Å². The number of rotatable bonds is 1. The van der Waals surface area contributed by atoms with Crippen molar-refractivity contribution in [2.75, 3.05) is 0 Å². The minimum absolute atomic E-state index is 0.322. The van der Waals surface area contributed by atoms with Crippen LogP contribution in [0.2, 0.25) is 0 Å². The second kappa shape index (κ2) is 6.01. The fraction of sp³-hybridized carbons (Fsp3) is 0.400. The molecule has 0 unspecified atom stereocenters. The van der Waals surface area contributed by atoms with Crippen molar-refractivity contribution >= 4 is 7.82 Å². The van der Waals surface area contributed by atoms with Crippen LogP contribution in [0, 0.1) is 0 Å². The first-order chi connectivity index (χ1) is 7.10. The number of benzene rings is 1. The maximum Gasteiger partial charge on any atom is 0.470 e. The summed E-state index contributed by atoms with van der Waals surface area (Å²) in [5.74, 6) is 0.322. The van der Waals surface area contributed by atoms with Crippen LogP contribution in [0.5, 0.6) is 5.75 Å². The first-order valence-electron chi connectivity index (χ1n) is 4.60. The number of para-hydroxylation sites is 1. The molecule has 1 aromatic rings. The molecule has 0 bridgehead atoms. The lowest BCUT2D eigenvalue weighted by Crippen LogP contribution is -2.16. The molecule has 0 saturated heterocycles. The summed E-state index contributed by atoms with van der Waals surface area (Å²) in [6, 6.07) is 8.71. The Balaban J connectivity index is 0.000000288. The summed E-state index contributed by atoms with van der Waals surface area (Å²) in [7, 11) is -4.29. The Bertz CT molecular complexity index is 338. The van der Waals surface area contributed by atoms with Gasteiger partial charge in [-0.15, -0.1) is 0 Å². The predicted octanol–water partition coefficient (Wildman–Crippen LogP) is 2.29. The molecule has 0 amide bonds. The quantitative estimate of drug-likeness (QED) is 0.664. The van der Waals surface area contributed by atoms with E-state index < -0.39 is 13.4 Å². The molecule has 1 aromatic carbocycles. The summed E-state index contributed by atoms with van der Waals surface area (Å²) >= 11 is 0. The SMILES string of the molecule is CC(C)(C)OP(=O)(O)O.Oc1ccccc1. The van der Waals surface area contributed by atoms with Gasteiger partial charge in [0.2, 0.25) is 0 Å². The van der Waals surface area contributed by atoms with Crippen LogP contribution in [-0.4, -0.2) is 20.5 Å². The molecule has 0 spiro atoms. The van der Waals surface area contributed by atoms with Crippen molar-refractivity contribution in [2.24, 2.45) is 0 Å². The standard InChI is InChI=1S/C6H6O.C4H11O4P/c7-6-4-2-1-3-5-6;1-4(2,3)8-9(5,6)7/h1-5,7H;1-3H3,(H2,5,6,7). The van der Waals surface area contributed by atoms with E-state index in [2.05, 4.69) is 4.52 Å². The van der Waals surface area contributed by atoms with Gasteiger partial charge in [0.25, 0.3) is 0 Å². The number of phosphoric ester groups is 1. The molecule has 0 aliphatic rings. The van der Waals surface area contributed by atoms with Gasteiger partial charge in [0, 0.05) is 0 Å². The smallest absolute Gasteiger partial charge is 0.470 e. The normalized spacial score (nSPS) is 11.6. The molecule has 92 valence electrons. The molecule has 0 saturated carbocycles. The molecule has 6 heteroatoms. The highest BCUT2D eigenvalue weighted by atomic mass is 31.2. The van der Waals surface area contributed by atoms with Crippen LogP contribution in [-0.2, 0) is 9.09 Å². The molecular formula is C10H17O5P. The van der Waals surface area contributed by atoms with Gasteiger partial charge in [-0.2, -0.15) is 0 Å². The van der Waals surface area contributed by atoms with Crippen LogP contribution in [0.15, 0.2) is 30.3 Å². The average Bonchev–Trinajstić information content (AvgIpc) is 1.99. The Morgan fingerprint density at radius 2 is 1.56 bits per heavy atom. The topological polar surface area (TPSA) is 87.0 Å². The van der Waals surface area contributed by atoms with E-state index in [0.717, 1.165) is 0 Å². The van der Waals surface area contributed by atoms with Crippen molar-refractivity contribution in [3.8, 4) is 5.75 Å². The van der Waals surface area contributed by atoms with Gasteiger partial charge in [0.05, 0.1) is 5.60 Å². The van der Waals surface area contributed by atoms with Gasteiger partial charge in [-0.25, -0.2) is 4.57 Å². The third-order valence-corrected chi connectivity index (χ3v) is 1.93. The zero-order valence-corrected chi connectivity index (χ0v) is 10.4. The molecule has 0 radical (unpaired) electrons. The van der Waals surface area contributed by atoms with E-state index in [-0.39, 0.29) is 0 Å². The first kappa shape index (κ1) is 15.1. The number of phenolic OH excluding ortho intramolecular Hbond substituents is 1. The van der Waals surface area contributed by atoms with Crippen LogP contribution >= 0.6 is 7.82 Å². The number of phenols is 1. The highest BCUT2D eigenvalue weighted by molar-refractivity contribution is 7.46. The van der Waals surface area contributed by atoms with E-state index in [9.17, 15) is 4.57 Å². The van der Waals surface area contributed by atoms with Gasteiger partial charge in [-0.3, -0.25) is 4.52 Å². The summed E-state index contributed by atoms with van der Waals surface area (Å²) in [6.07, 6.45) is 0. The number of aromatic hydroxyl groups is 1. The maximum absolute atomic E-state index is 10.1. The number of hydrogen-bond acceptors (Lipinski definition) is 3. The molecule has 0 atom stereocenters. The second-order valence-electron chi connectivity index (χ2n) is 4.03. The largest absolute Gasteiger partial charge is 0.508 e. The van der Waals surface area contributed by atoms with E-state index in [0.29, 0.717) is 5.75 Å². The van der Waals surface area contributed by atoms with E-state index in [1.807, 2.05) is 6.07 Å². The number of hydrogen-bond donors (Lipinski definition) is 3. The molecule has 3 N–H and O–H groups in total. The molecule has 0 aliphatic carbocycles. The Hall–Kier alpha value is -0.870. The summed E-state index contributed by atoms with van der Waals surface area (Å²) in [4.78, 5) is 16.5. The molecule has 1 rings (SSSR count). The maximum atomic E-state index is 10.1. The number of phosphoric acid groups is 1. The van der Waals surface area contributed by atoms with Crippen LogP contribution in [0.3, 0.4) is 0 Å². The minimum Gasteiger partial charge on any atom is -0.508 e. The average molecular weight is 248 g/mol. The third-order valence-electron chi connectivity index (χ3n) is 1.15. The van der Waals surface area contributed by atoms with Gasteiger partial charge in [-0.05, 0) is 32.9 Å². The van der Waals surface area contributed by atoms with Crippen molar-refractivity contribution < 1.29 is 24.0 Å². The second-order valence-corrected chi connectivity index (χ2v) is 5.19. The van der Waals surface area contributed by atoms with Crippen LogP contribution in [0.4, 0.5) is 0 Å². The Kier molecular flexibility index (Phi) is 5.68. The third kappa shape index (κ3) is 11.2. The Labute approximate surface area is 94.9 Å². The summed E-state index contributed by atoms with van der Waals surface area (Å²) in [5, 5.41) is 8.63. The molecule has 5 nitrogen and oxygen atoms in total. The summed E-state index contributed by atoms with van der Waals surface area (Å²) < 4.78 is 14.4. The molecule has 0 aromatic heterocycles. The van der Waals surface area contributed by atoms with E-state index in [1.165, 1.54) is 0 Å². The monoisotopic (exact) mass is 248 g/mol. The summed E-state index contributed by atoms with van der Waals surface area (Å²) in [5.41, 5.74) is -0.779. The van der Waals surface area contributed by atoms with Crippen molar-refractivity contribution in [1.29, 1.82) is 0 Å². The van der Waals surface area contributed by atoms with Gasteiger partial charge in [0.1, 0.15) is 5.75 Å². The fourth-order valence-corrected chi connectivity index (χ4v) is 1.50. The van der Waals surface area contributed by atoms with Gasteiger partial charge in [-0.1, -0.05) is 18.2 Å². The van der Waals surface area contributed by atoms with Crippen molar-refractivity contribution in [3.05, 3.63) is 30.3 Å². The van der Waals surface area contributed by atoms with E-state index in [1.54, 1.807) is 45.0 Å². The summed E-state index contributed by atoms with van der Waals surface area (Å²) in [6.45, 7) is 4.73. The van der Waals surface area contributed by atoms with Crippen LogP contribution in [0.25, 0.3) is 0 Å². The van der Waals surface area contributed by atoms with Gasteiger partial charge in [0.15, 0.2) is 0 Å². The minimum atomic E-state index is -4.29. The molecule has 16 heavy (non-hydrogen) atoms. The first-order valence-corrected chi connectivity index (χ1v) is 6.13. The molecule has 0 fully saturated rings. The molecular weight excluding hydrogens is 231 g/mol. The van der Waals surface area contributed by atoms with E-state index >= 15 is 0 Å². The van der Waals surface area contributed by atoms with Gasteiger partial charge >= 0.3 is 7.82 Å². The molecule has 0 aliphatic heterocycles. The molecule has 0 heterocycles. The van der Waals surface area contributed by atoms with Crippen molar-refractivity contribution in [2.45, 2.75) is 26.4 Å². The zero-order chi connectivity index (χ0) is 12.8. The lowest BCUT2D eigenvalue weighted by molar-refractivity contribution is 0.0810. The van der Waals surface area contributed by atoms with Crippen molar-refractivity contribution in [1.82, 2.24) is 0 Å². The zero-order valence-electron chi connectivity index (χ0n) is 9.49. The lowest BCUT2D eigenvalue weighted by Gasteiger charge is -2.18. The Morgan fingerprint density at radius 1 is 1.12 bits per heavy atom. The van der Waals surface area contributed by atoms with Crippen molar-refractivity contribution in [3.63, 3.8) is 0 Å². The highest BCUT2D eigenvalue weighted by Crippen LogP contribution is 2.40. The highest BCUT2D eigenvalue weighted by Gasteiger charge is 2.23. The van der Waals surface area contributed by atoms with E-state index in [4.69, 9.17) is 14.9 Å². The lowest BCUT2D eigenvalue weighted by atomic mass is 10.2. The fourth-order valence-electron chi connectivity index (χ4n) is 0.785.